The number of amidine groups is 1. The maximum Gasteiger partial charge on any atom is 0.156 e. The molecular formula is C13H24N6O. The standard InChI is InChI=1S/C13H24N6O/c1-11(13(14)16-20)19-9-7-18(8-10-19)6-4-12-3-5-15-17(12)2/h3,5,11,20H,4,6-10H2,1-2H3,(H2,14,16). The molecule has 0 radical (unpaired) electrons. The van der Waals surface area contributed by atoms with E-state index in [1.165, 1.54) is 5.69 Å². The lowest BCUT2D eigenvalue weighted by molar-refractivity contribution is 0.121. The number of piperazine rings is 1. The zero-order valence-corrected chi connectivity index (χ0v) is 12.2. The number of aryl methyl sites for hydroxylation is 1. The van der Waals surface area contributed by atoms with Crippen molar-refractivity contribution in [2.75, 3.05) is 32.7 Å². The van der Waals surface area contributed by atoms with Crippen LogP contribution in [0.25, 0.3) is 0 Å². The molecule has 3 N–H and O–H groups in total. The summed E-state index contributed by atoms with van der Waals surface area (Å²) in [6.07, 6.45) is 2.86. The van der Waals surface area contributed by atoms with Crippen LogP contribution in [0.3, 0.4) is 0 Å². The number of aromatic nitrogens is 2. The second kappa shape index (κ2) is 6.71. The van der Waals surface area contributed by atoms with Crippen LogP contribution in [0.1, 0.15) is 12.6 Å². The molecule has 2 heterocycles. The van der Waals surface area contributed by atoms with Gasteiger partial charge in [0.1, 0.15) is 0 Å². The normalized spacial score (nSPS) is 20.2. The molecule has 0 spiro atoms. The quantitative estimate of drug-likeness (QED) is 0.335. The fraction of sp³-hybridized carbons (Fsp3) is 0.692. The Bertz CT molecular complexity index is 449. The minimum Gasteiger partial charge on any atom is -0.409 e. The molecule has 1 aliphatic rings. The van der Waals surface area contributed by atoms with Crippen molar-refractivity contribution in [1.82, 2.24) is 19.6 Å². The van der Waals surface area contributed by atoms with E-state index in [4.69, 9.17) is 10.9 Å². The van der Waals surface area contributed by atoms with Crippen molar-refractivity contribution in [2.45, 2.75) is 19.4 Å². The predicted octanol–water partition coefficient (Wildman–Crippen LogP) is -0.285. The van der Waals surface area contributed by atoms with Gasteiger partial charge in [0.05, 0.1) is 6.04 Å². The Hall–Kier alpha value is -1.60. The second-order valence-corrected chi connectivity index (χ2v) is 5.27. The highest BCUT2D eigenvalue weighted by Crippen LogP contribution is 2.08. The first-order valence-corrected chi connectivity index (χ1v) is 7.02. The molecule has 7 heteroatoms. The number of hydrogen-bond acceptors (Lipinski definition) is 5. The van der Waals surface area contributed by atoms with E-state index in [9.17, 15) is 0 Å². The zero-order valence-electron chi connectivity index (χ0n) is 12.2. The predicted molar refractivity (Wildman–Crippen MR) is 77.8 cm³/mol. The van der Waals surface area contributed by atoms with Gasteiger partial charge in [-0.15, -0.1) is 0 Å². The topological polar surface area (TPSA) is 82.9 Å². The van der Waals surface area contributed by atoms with E-state index in [1.807, 2.05) is 24.9 Å². The number of rotatable bonds is 5. The molecule has 1 atom stereocenters. The molecule has 112 valence electrons. The molecule has 1 fully saturated rings. The van der Waals surface area contributed by atoms with Crippen LogP contribution in [-0.2, 0) is 13.5 Å². The molecule has 2 rings (SSSR count). The van der Waals surface area contributed by atoms with Gasteiger partial charge in [-0.3, -0.25) is 9.58 Å². The van der Waals surface area contributed by atoms with E-state index in [-0.39, 0.29) is 11.9 Å². The van der Waals surface area contributed by atoms with E-state index in [0.29, 0.717) is 0 Å². The van der Waals surface area contributed by atoms with Crippen LogP contribution in [0.2, 0.25) is 0 Å². The first-order valence-electron chi connectivity index (χ1n) is 7.02. The van der Waals surface area contributed by atoms with Gasteiger partial charge < -0.3 is 15.8 Å². The fourth-order valence-electron chi connectivity index (χ4n) is 2.56. The molecule has 0 aliphatic carbocycles. The van der Waals surface area contributed by atoms with Crippen LogP contribution >= 0.6 is 0 Å². The van der Waals surface area contributed by atoms with Crippen molar-refractivity contribution in [3.05, 3.63) is 18.0 Å². The van der Waals surface area contributed by atoms with E-state index < -0.39 is 0 Å². The van der Waals surface area contributed by atoms with Gasteiger partial charge in [-0.2, -0.15) is 5.10 Å². The highest BCUT2D eigenvalue weighted by Gasteiger charge is 2.23. The third-order valence-corrected chi connectivity index (χ3v) is 4.10. The van der Waals surface area contributed by atoms with Crippen LogP contribution in [0.5, 0.6) is 0 Å². The maximum atomic E-state index is 8.72. The summed E-state index contributed by atoms with van der Waals surface area (Å²) in [5.41, 5.74) is 6.92. The maximum absolute atomic E-state index is 8.72. The Kier molecular flexibility index (Phi) is 4.97. The molecule has 0 saturated carbocycles. The monoisotopic (exact) mass is 280 g/mol. The van der Waals surface area contributed by atoms with Gasteiger partial charge in [-0.25, -0.2) is 0 Å². The lowest BCUT2D eigenvalue weighted by Gasteiger charge is -2.37. The molecule has 0 amide bonds. The van der Waals surface area contributed by atoms with Gasteiger partial charge in [0.15, 0.2) is 5.84 Å². The minimum absolute atomic E-state index is 0.000719. The number of nitrogens with zero attached hydrogens (tertiary/aromatic N) is 5. The van der Waals surface area contributed by atoms with Crippen molar-refractivity contribution >= 4 is 5.84 Å². The molecule has 1 aromatic heterocycles. The van der Waals surface area contributed by atoms with Crippen LogP contribution < -0.4 is 5.73 Å². The van der Waals surface area contributed by atoms with Crippen molar-refractivity contribution in [3.8, 4) is 0 Å². The zero-order chi connectivity index (χ0) is 14.5. The second-order valence-electron chi connectivity index (χ2n) is 5.27. The molecule has 1 aliphatic heterocycles. The lowest BCUT2D eigenvalue weighted by atomic mass is 10.2. The Balaban J connectivity index is 1.76. The summed E-state index contributed by atoms with van der Waals surface area (Å²) < 4.78 is 1.93. The summed E-state index contributed by atoms with van der Waals surface area (Å²) in [6, 6.07) is 2.07. The third-order valence-electron chi connectivity index (χ3n) is 4.10. The smallest absolute Gasteiger partial charge is 0.156 e. The average molecular weight is 280 g/mol. The highest BCUT2D eigenvalue weighted by molar-refractivity contribution is 5.84. The Morgan fingerprint density at radius 1 is 1.45 bits per heavy atom. The van der Waals surface area contributed by atoms with Crippen molar-refractivity contribution < 1.29 is 5.21 Å². The molecule has 7 nitrogen and oxygen atoms in total. The summed E-state index contributed by atoms with van der Waals surface area (Å²) in [5.74, 6) is 0.285. The van der Waals surface area contributed by atoms with Crippen molar-refractivity contribution in [2.24, 2.45) is 17.9 Å². The van der Waals surface area contributed by atoms with E-state index in [0.717, 1.165) is 39.1 Å². The summed E-state index contributed by atoms with van der Waals surface area (Å²) in [4.78, 5) is 4.69. The first kappa shape index (κ1) is 14.8. The van der Waals surface area contributed by atoms with Gasteiger partial charge >= 0.3 is 0 Å². The number of hydrogen-bond donors (Lipinski definition) is 2. The van der Waals surface area contributed by atoms with Crippen LogP contribution in [0.4, 0.5) is 0 Å². The van der Waals surface area contributed by atoms with Gasteiger partial charge in [0.2, 0.25) is 0 Å². The molecule has 1 unspecified atom stereocenters. The third kappa shape index (κ3) is 3.49. The minimum atomic E-state index is -0.000719. The fourth-order valence-corrected chi connectivity index (χ4v) is 2.56. The molecule has 1 aromatic rings. The van der Waals surface area contributed by atoms with Crippen molar-refractivity contribution in [3.63, 3.8) is 0 Å². The van der Waals surface area contributed by atoms with E-state index in [2.05, 4.69) is 26.1 Å². The summed E-state index contributed by atoms with van der Waals surface area (Å²) in [6.45, 7) is 6.94. The van der Waals surface area contributed by atoms with Gasteiger partial charge in [0.25, 0.3) is 0 Å². The van der Waals surface area contributed by atoms with Crippen LogP contribution in [-0.4, -0.2) is 69.4 Å². The van der Waals surface area contributed by atoms with E-state index >= 15 is 0 Å². The summed E-state index contributed by atoms with van der Waals surface area (Å²) >= 11 is 0. The molecule has 1 saturated heterocycles. The average Bonchev–Trinajstić information content (AvgIpc) is 2.89. The van der Waals surface area contributed by atoms with Gasteiger partial charge in [-0.05, 0) is 13.0 Å². The van der Waals surface area contributed by atoms with Gasteiger partial charge in [0, 0.05) is 58.1 Å². The Labute approximate surface area is 119 Å². The van der Waals surface area contributed by atoms with Gasteiger partial charge in [-0.1, -0.05) is 5.16 Å². The SMILES string of the molecule is CC(C(N)=NO)N1CCN(CCc2ccnn2C)CC1. The Morgan fingerprint density at radius 3 is 2.70 bits per heavy atom. The summed E-state index contributed by atoms with van der Waals surface area (Å²) in [7, 11) is 1.98. The van der Waals surface area contributed by atoms with Crippen molar-refractivity contribution in [1.29, 1.82) is 0 Å². The highest BCUT2D eigenvalue weighted by atomic mass is 16.4. The number of oxime groups is 1. The van der Waals surface area contributed by atoms with E-state index in [1.54, 1.807) is 0 Å². The van der Waals surface area contributed by atoms with Crippen LogP contribution in [0, 0.1) is 0 Å². The molecule has 0 aromatic carbocycles. The summed E-state index contributed by atoms with van der Waals surface area (Å²) in [5, 5.41) is 16.0. The Morgan fingerprint density at radius 2 is 2.15 bits per heavy atom. The molecule has 0 bridgehead atoms. The van der Waals surface area contributed by atoms with Crippen LogP contribution in [0.15, 0.2) is 17.4 Å². The largest absolute Gasteiger partial charge is 0.409 e. The first-order chi connectivity index (χ1) is 9.61. The number of nitrogens with two attached hydrogens (primary N) is 1. The lowest BCUT2D eigenvalue weighted by Crippen LogP contribution is -2.53. The molecular weight excluding hydrogens is 256 g/mol. The molecule has 20 heavy (non-hydrogen) atoms.